The van der Waals surface area contributed by atoms with Crippen LogP contribution in [-0.4, -0.2) is 53.4 Å². The van der Waals surface area contributed by atoms with Crippen LogP contribution in [-0.2, 0) is 11.8 Å². The van der Waals surface area contributed by atoms with Gasteiger partial charge in [0.05, 0.1) is 42.9 Å². The molecule has 0 aliphatic rings. The molecule has 5 aromatic rings. The lowest BCUT2D eigenvalue weighted by Gasteiger charge is -2.21. The summed E-state index contributed by atoms with van der Waals surface area (Å²) in [5, 5.41) is 20.0. The maximum Gasteiger partial charge on any atom is 0.275 e. The number of nitrogens with zero attached hydrogens (tertiary/aromatic N) is 6. The van der Waals surface area contributed by atoms with E-state index >= 15 is 0 Å². The maximum absolute atomic E-state index is 14.0. The molecule has 4 aromatic heterocycles. The van der Waals surface area contributed by atoms with Crippen molar-refractivity contribution in [1.29, 1.82) is 0 Å². The lowest BCUT2D eigenvalue weighted by Crippen LogP contribution is -2.39. The lowest BCUT2D eigenvalue weighted by molar-refractivity contribution is -0.125. The van der Waals surface area contributed by atoms with Gasteiger partial charge in [0.2, 0.25) is 11.9 Å². The molecule has 0 unspecified atom stereocenters. The van der Waals surface area contributed by atoms with Crippen molar-refractivity contribution in [3.05, 3.63) is 88.1 Å². The molecule has 0 saturated heterocycles. The average Bonchev–Trinajstić information content (AvgIpc) is 3.58. The van der Waals surface area contributed by atoms with E-state index in [1.54, 1.807) is 53.8 Å². The molecule has 0 aliphatic heterocycles. The van der Waals surface area contributed by atoms with Crippen LogP contribution in [0.15, 0.2) is 66.1 Å². The van der Waals surface area contributed by atoms with Crippen molar-refractivity contribution >= 4 is 34.8 Å². The number of hydrogen-bond donors (Lipinski definition) is 3. The van der Waals surface area contributed by atoms with Crippen LogP contribution in [0.3, 0.4) is 0 Å². The Bertz CT molecular complexity index is 1800. The van der Waals surface area contributed by atoms with Gasteiger partial charge in [-0.15, -0.1) is 0 Å². The zero-order valence-electron chi connectivity index (χ0n) is 22.2. The molecule has 2 atom stereocenters. The van der Waals surface area contributed by atoms with Crippen LogP contribution >= 0.6 is 11.6 Å². The summed E-state index contributed by atoms with van der Waals surface area (Å²) in [6.45, 7) is 1.06. The second kappa shape index (κ2) is 11.4. The van der Waals surface area contributed by atoms with Crippen molar-refractivity contribution in [3.63, 3.8) is 0 Å². The monoisotopic (exact) mass is 580 g/mol. The quantitative estimate of drug-likeness (QED) is 0.241. The van der Waals surface area contributed by atoms with Gasteiger partial charge in [0.1, 0.15) is 28.9 Å². The van der Waals surface area contributed by atoms with Crippen LogP contribution in [0.1, 0.15) is 24.6 Å². The SMILES string of the molecule is COc1cc(F)cc([C@@H](CO)NC(=O)[C@@H](C)n2ccn3cc(-c4nc(Nc5ccnn5C)ncc4Cl)cc3c2=O)c1. The van der Waals surface area contributed by atoms with Gasteiger partial charge in [-0.2, -0.15) is 5.10 Å². The smallest absolute Gasteiger partial charge is 0.275 e. The molecule has 41 heavy (non-hydrogen) atoms. The summed E-state index contributed by atoms with van der Waals surface area (Å²) in [7, 11) is 3.16. The van der Waals surface area contributed by atoms with Crippen LogP contribution in [0.2, 0.25) is 5.02 Å². The molecule has 0 aliphatic carbocycles. The van der Waals surface area contributed by atoms with Crippen LogP contribution in [0.5, 0.6) is 5.75 Å². The molecular weight excluding hydrogens is 555 g/mol. The first-order valence-electron chi connectivity index (χ1n) is 12.4. The zero-order chi connectivity index (χ0) is 29.3. The minimum atomic E-state index is -0.951. The summed E-state index contributed by atoms with van der Waals surface area (Å²) in [6, 6.07) is 5.43. The minimum absolute atomic E-state index is 0.245. The highest BCUT2D eigenvalue weighted by atomic mass is 35.5. The molecule has 4 heterocycles. The number of carbonyl (C=O) groups excluding carboxylic acids is 1. The average molecular weight is 581 g/mol. The molecule has 0 saturated carbocycles. The van der Waals surface area contributed by atoms with E-state index in [1.165, 1.54) is 42.3 Å². The topological polar surface area (TPSA) is 141 Å². The number of rotatable bonds is 9. The van der Waals surface area contributed by atoms with Crippen molar-refractivity contribution in [2.24, 2.45) is 7.05 Å². The molecule has 0 radical (unpaired) electrons. The number of anilines is 2. The van der Waals surface area contributed by atoms with Crippen molar-refractivity contribution in [2.75, 3.05) is 19.0 Å². The fourth-order valence-corrected chi connectivity index (χ4v) is 4.55. The predicted octanol–water partition coefficient (Wildman–Crippen LogP) is 3.25. The number of amides is 1. The maximum atomic E-state index is 14.0. The molecule has 12 nitrogen and oxygen atoms in total. The third-order valence-electron chi connectivity index (χ3n) is 6.60. The fraction of sp³-hybridized carbons (Fsp3) is 0.222. The van der Waals surface area contributed by atoms with E-state index < -0.39 is 36.0 Å². The van der Waals surface area contributed by atoms with Gasteiger partial charge in [0, 0.05) is 43.3 Å². The van der Waals surface area contributed by atoms with Crippen molar-refractivity contribution in [2.45, 2.75) is 19.0 Å². The summed E-state index contributed by atoms with van der Waals surface area (Å²) in [4.78, 5) is 35.3. The van der Waals surface area contributed by atoms with Gasteiger partial charge >= 0.3 is 0 Å². The molecule has 1 aromatic carbocycles. The van der Waals surface area contributed by atoms with Crippen molar-refractivity contribution in [1.82, 2.24) is 34.0 Å². The van der Waals surface area contributed by atoms with Gasteiger partial charge in [0.15, 0.2) is 0 Å². The Labute approximate surface area is 238 Å². The Hall–Kier alpha value is -4.75. The van der Waals surface area contributed by atoms with Gasteiger partial charge in [-0.25, -0.2) is 14.4 Å². The number of carbonyl (C=O) groups is 1. The second-order valence-electron chi connectivity index (χ2n) is 9.23. The first kappa shape index (κ1) is 27.8. The number of aliphatic hydroxyl groups is 1. The molecule has 14 heteroatoms. The van der Waals surface area contributed by atoms with E-state index in [2.05, 4.69) is 25.7 Å². The molecule has 1 amide bonds. The molecule has 0 bridgehead atoms. The van der Waals surface area contributed by atoms with E-state index in [0.29, 0.717) is 28.6 Å². The molecule has 0 fully saturated rings. The van der Waals surface area contributed by atoms with E-state index in [1.807, 2.05) is 0 Å². The molecule has 212 valence electrons. The minimum Gasteiger partial charge on any atom is -0.497 e. The Morgan fingerprint density at radius 3 is 2.76 bits per heavy atom. The number of fused-ring (bicyclic) bond motifs is 1. The Balaban J connectivity index is 1.41. The van der Waals surface area contributed by atoms with Crippen LogP contribution in [0, 0.1) is 5.82 Å². The van der Waals surface area contributed by atoms with Crippen LogP contribution < -0.4 is 20.9 Å². The number of methoxy groups -OCH3 is 1. The number of aromatic nitrogens is 6. The highest BCUT2D eigenvalue weighted by Crippen LogP contribution is 2.28. The van der Waals surface area contributed by atoms with Gasteiger partial charge in [-0.3, -0.25) is 14.3 Å². The molecule has 0 spiro atoms. The lowest BCUT2D eigenvalue weighted by atomic mass is 10.1. The third-order valence-corrected chi connectivity index (χ3v) is 6.87. The largest absolute Gasteiger partial charge is 0.497 e. The van der Waals surface area contributed by atoms with E-state index in [-0.39, 0.29) is 16.3 Å². The van der Waals surface area contributed by atoms with Crippen molar-refractivity contribution < 1.29 is 19.0 Å². The first-order valence-corrected chi connectivity index (χ1v) is 12.8. The van der Waals surface area contributed by atoms with Gasteiger partial charge in [-0.05, 0) is 30.7 Å². The first-order chi connectivity index (χ1) is 19.7. The summed E-state index contributed by atoms with van der Waals surface area (Å²) in [6.07, 6.45) is 7.91. The molecule has 5 rings (SSSR count). The normalized spacial score (nSPS) is 12.7. The van der Waals surface area contributed by atoms with Crippen LogP contribution in [0.4, 0.5) is 16.2 Å². The van der Waals surface area contributed by atoms with Crippen LogP contribution in [0.25, 0.3) is 16.8 Å². The molecule has 3 N–H and O–H groups in total. The predicted molar refractivity (Wildman–Crippen MR) is 150 cm³/mol. The number of benzene rings is 1. The van der Waals surface area contributed by atoms with E-state index in [9.17, 15) is 19.1 Å². The number of ether oxygens (including phenoxy) is 1. The number of nitrogens with one attached hydrogen (secondary N) is 2. The summed E-state index contributed by atoms with van der Waals surface area (Å²) in [5.41, 5.74) is 1.14. The summed E-state index contributed by atoms with van der Waals surface area (Å²) in [5.74, 6) is 0.0931. The highest BCUT2D eigenvalue weighted by Gasteiger charge is 2.23. The van der Waals surface area contributed by atoms with Gasteiger partial charge in [0.25, 0.3) is 5.56 Å². The number of aryl methyl sites for hydroxylation is 1. The summed E-state index contributed by atoms with van der Waals surface area (Å²) >= 11 is 6.41. The highest BCUT2D eigenvalue weighted by molar-refractivity contribution is 6.33. The number of aliphatic hydroxyl groups excluding tert-OH is 1. The van der Waals surface area contributed by atoms with E-state index in [0.717, 1.165) is 0 Å². The Morgan fingerprint density at radius 2 is 2.05 bits per heavy atom. The van der Waals surface area contributed by atoms with E-state index in [4.69, 9.17) is 16.3 Å². The third kappa shape index (κ3) is 5.62. The molecular formula is C27H26ClFN8O4. The standard InChI is InChI=1S/C27H26ClFN8O4/c1-15(25(39)32-21(14-38)16-8-18(29)11-19(9-16)41-3)37-7-6-36-13-17(10-22(36)26(37)40)24-20(28)12-30-27(34-24)33-23-4-5-31-35(23)2/h4-13,15,21,38H,14H2,1-3H3,(H,32,39)(H,30,33,34)/t15-,21-/m1/s1. The fourth-order valence-electron chi connectivity index (χ4n) is 4.35. The Morgan fingerprint density at radius 1 is 1.24 bits per heavy atom. The van der Waals surface area contributed by atoms with Gasteiger partial charge in [-0.1, -0.05) is 11.6 Å². The summed E-state index contributed by atoms with van der Waals surface area (Å²) < 4.78 is 23.6. The number of halogens is 2. The van der Waals surface area contributed by atoms with Crippen molar-refractivity contribution in [3.8, 4) is 17.0 Å². The zero-order valence-corrected chi connectivity index (χ0v) is 23.0. The van der Waals surface area contributed by atoms with Gasteiger partial charge < -0.3 is 29.4 Å². The second-order valence-corrected chi connectivity index (χ2v) is 9.64. The number of hydrogen-bond acceptors (Lipinski definition) is 8. The Kier molecular flexibility index (Phi) is 7.72.